The molecule has 0 spiro atoms. The fourth-order valence-corrected chi connectivity index (χ4v) is 4.08. The lowest BCUT2D eigenvalue weighted by molar-refractivity contribution is -0.126. The number of carbonyl (C=O) groups excluding carboxylic acids is 1. The second kappa shape index (κ2) is 10.6. The van der Waals surface area contributed by atoms with E-state index in [0.717, 1.165) is 19.6 Å². The molecule has 1 saturated heterocycles. The minimum atomic E-state index is -1.13. The molecule has 2 rings (SSSR count). The molecule has 1 atom stereocenters. The number of rotatable bonds is 10. The monoisotopic (exact) mass is 377 g/mol. The van der Waals surface area contributed by atoms with Crippen molar-refractivity contribution in [2.24, 2.45) is 11.5 Å². The Morgan fingerprint density at radius 2 is 2.12 bits per heavy atom. The zero-order valence-electron chi connectivity index (χ0n) is 15.7. The van der Waals surface area contributed by atoms with Crippen LogP contribution in [0.1, 0.15) is 38.2 Å². The zero-order chi connectivity index (χ0) is 18.8. The number of likely N-dealkylation sites (tertiary alicyclic amines) is 1. The molecule has 1 aliphatic rings. The second-order valence-corrected chi connectivity index (χ2v) is 7.97. The van der Waals surface area contributed by atoms with Crippen molar-refractivity contribution in [2.75, 3.05) is 25.4 Å². The van der Waals surface area contributed by atoms with Gasteiger partial charge in [-0.2, -0.15) is 0 Å². The number of thioether (sulfide) groups is 1. The molecule has 1 fully saturated rings. The summed E-state index contributed by atoms with van der Waals surface area (Å²) in [5, 5.41) is 0. The number of ether oxygens (including phenoxy) is 1. The molecule has 0 saturated carbocycles. The van der Waals surface area contributed by atoms with E-state index in [9.17, 15) is 4.79 Å². The van der Waals surface area contributed by atoms with E-state index in [1.54, 1.807) is 0 Å². The summed E-state index contributed by atoms with van der Waals surface area (Å²) >= 11 is 1.37. The smallest absolute Gasteiger partial charge is 0.272 e. The summed E-state index contributed by atoms with van der Waals surface area (Å²) in [6.45, 7) is 5.58. The molecule has 26 heavy (non-hydrogen) atoms. The van der Waals surface area contributed by atoms with Crippen LogP contribution in [0.25, 0.3) is 0 Å². The van der Waals surface area contributed by atoms with E-state index in [0.29, 0.717) is 24.5 Å². The van der Waals surface area contributed by atoms with Gasteiger partial charge in [-0.15, -0.1) is 11.8 Å². The lowest BCUT2D eigenvalue weighted by Gasteiger charge is -2.30. The average molecular weight is 378 g/mol. The molecular weight excluding hydrogens is 346 g/mol. The van der Waals surface area contributed by atoms with E-state index in [1.807, 2.05) is 37.3 Å². The van der Waals surface area contributed by atoms with Crippen molar-refractivity contribution in [3.8, 4) is 5.75 Å². The van der Waals surface area contributed by atoms with Gasteiger partial charge in [0.2, 0.25) is 4.93 Å². The van der Waals surface area contributed by atoms with E-state index in [2.05, 4.69) is 11.0 Å². The van der Waals surface area contributed by atoms with Crippen molar-refractivity contribution in [3.05, 3.63) is 42.0 Å². The average Bonchev–Trinajstić information content (AvgIpc) is 2.65. The maximum absolute atomic E-state index is 12.2. The number of nitrogens with zero attached hydrogens (tertiary/aromatic N) is 1. The molecule has 6 heteroatoms. The Morgan fingerprint density at radius 3 is 2.77 bits per heavy atom. The summed E-state index contributed by atoms with van der Waals surface area (Å²) in [5.41, 5.74) is 12.5. The maximum Gasteiger partial charge on any atom is 0.272 e. The number of allylic oxidation sites excluding steroid dienone is 1. The van der Waals surface area contributed by atoms with Gasteiger partial charge < -0.3 is 16.2 Å². The Hall–Kier alpha value is -1.50. The Labute approximate surface area is 161 Å². The van der Waals surface area contributed by atoms with Gasteiger partial charge in [0, 0.05) is 25.3 Å². The molecule has 4 N–H and O–H groups in total. The Morgan fingerprint density at radius 1 is 1.35 bits per heavy atom. The summed E-state index contributed by atoms with van der Waals surface area (Å²) in [6, 6.07) is 7.98. The SMILES string of the molecule is C/C=C\CC(Oc1cccc(CN2CCCCC2)c1)(SCCN)C(N)=O. The topological polar surface area (TPSA) is 81.6 Å². The number of nitrogens with two attached hydrogens (primary N) is 2. The van der Waals surface area contributed by atoms with Gasteiger partial charge in [-0.25, -0.2) is 0 Å². The summed E-state index contributed by atoms with van der Waals surface area (Å²) in [6.07, 6.45) is 8.08. The quantitative estimate of drug-likeness (QED) is 0.484. The highest BCUT2D eigenvalue weighted by Gasteiger charge is 2.38. The number of carbonyl (C=O) groups is 1. The lowest BCUT2D eigenvalue weighted by atomic mass is 10.1. The van der Waals surface area contributed by atoms with Gasteiger partial charge in [-0.1, -0.05) is 30.7 Å². The highest BCUT2D eigenvalue weighted by molar-refractivity contribution is 8.01. The first-order valence-corrected chi connectivity index (χ1v) is 10.3. The standard InChI is InChI=1S/C20H31N3O2S/c1-2-3-10-20(19(22)24,26-14-11-21)25-18-9-7-8-17(15-18)16-23-12-5-4-6-13-23/h2-3,7-9,15H,4-6,10-14,16,21H2,1H3,(H2,22,24)/b3-2-. The molecule has 0 aromatic heterocycles. The summed E-state index contributed by atoms with van der Waals surface area (Å²) in [7, 11) is 0. The Bertz CT molecular complexity index is 602. The van der Waals surface area contributed by atoms with Crippen LogP contribution < -0.4 is 16.2 Å². The first-order chi connectivity index (χ1) is 12.6. The predicted molar refractivity (Wildman–Crippen MR) is 109 cm³/mol. The zero-order valence-corrected chi connectivity index (χ0v) is 16.5. The summed E-state index contributed by atoms with van der Waals surface area (Å²) in [5.74, 6) is 0.802. The van der Waals surface area contributed by atoms with Crippen molar-refractivity contribution >= 4 is 17.7 Å². The Kier molecular flexibility index (Phi) is 8.48. The molecule has 1 aromatic rings. The third-order valence-corrected chi connectivity index (χ3v) is 5.84. The van der Waals surface area contributed by atoms with Gasteiger partial charge >= 0.3 is 0 Å². The minimum absolute atomic E-state index is 0.417. The van der Waals surface area contributed by atoms with Crippen molar-refractivity contribution in [1.82, 2.24) is 4.90 Å². The molecule has 1 unspecified atom stereocenters. The highest BCUT2D eigenvalue weighted by Crippen LogP contribution is 2.33. The van der Waals surface area contributed by atoms with Crippen molar-refractivity contribution in [1.29, 1.82) is 0 Å². The van der Waals surface area contributed by atoms with Crippen LogP contribution in [0, 0.1) is 0 Å². The van der Waals surface area contributed by atoms with Crippen molar-refractivity contribution in [3.63, 3.8) is 0 Å². The summed E-state index contributed by atoms with van der Waals surface area (Å²) < 4.78 is 6.16. The van der Waals surface area contributed by atoms with E-state index in [1.165, 1.54) is 36.6 Å². The molecule has 0 aliphatic carbocycles. The molecule has 1 amide bonds. The van der Waals surface area contributed by atoms with Gasteiger partial charge in [0.1, 0.15) is 5.75 Å². The molecule has 144 valence electrons. The van der Waals surface area contributed by atoms with Crippen LogP contribution in [-0.2, 0) is 11.3 Å². The van der Waals surface area contributed by atoms with Crippen LogP contribution in [0.4, 0.5) is 0 Å². The normalized spacial score (nSPS) is 17.9. The van der Waals surface area contributed by atoms with Gasteiger partial charge in [0.05, 0.1) is 0 Å². The number of amides is 1. The van der Waals surface area contributed by atoms with Crippen molar-refractivity contribution in [2.45, 2.75) is 44.1 Å². The largest absolute Gasteiger partial charge is 0.467 e. The van der Waals surface area contributed by atoms with E-state index in [4.69, 9.17) is 16.2 Å². The van der Waals surface area contributed by atoms with Gasteiger partial charge in [-0.3, -0.25) is 9.69 Å². The molecule has 0 bridgehead atoms. The van der Waals surface area contributed by atoms with E-state index >= 15 is 0 Å². The highest BCUT2D eigenvalue weighted by atomic mass is 32.2. The summed E-state index contributed by atoms with van der Waals surface area (Å²) in [4.78, 5) is 13.6. The molecule has 1 heterocycles. The predicted octanol–water partition coefficient (Wildman–Crippen LogP) is 2.89. The van der Waals surface area contributed by atoms with Gasteiger partial charge in [-0.05, 0) is 50.6 Å². The number of primary amides is 1. The van der Waals surface area contributed by atoms with Gasteiger partial charge in [0.15, 0.2) is 0 Å². The maximum atomic E-state index is 12.2. The van der Waals surface area contributed by atoms with Crippen molar-refractivity contribution < 1.29 is 9.53 Å². The Balaban J connectivity index is 2.15. The first kappa shape index (κ1) is 20.8. The van der Waals surface area contributed by atoms with Crippen LogP contribution in [0.15, 0.2) is 36.4 Å². The van der Waals surface area contributed by atoms with Gasteiger partial charge in [0.25, 0.3) is 5.91 Å². The van der Waals surface area contributed by atoms with Crippen LogP contribution in [0.3, 0.4) is 0 Å². The number of benzene rings is 1. The van der Waals surface area contributed by atoms with Crippen LogP contribution >= 0.6 is 11.8 Å². The number of hydrogen-bond acceptors (Lipinski definition) is 5. The molecule has 1 aromatic carbocycles. The number of hydrogen-bond donors (Lipinski definition) is 2. The third-order valence-electron chi connectivity index (χ3n) is 4.49. The fraction of sp³-hybridized carbons (Fsp3) is 0.550. The lowest BCUT2D eigenvalue weighted by Crippen LogP contribution is -2.46. The molecule has 1 aliphatic heterocycles. The second-order valence-electron chi connectivity index (χ2n) is 6.61. The molecule has 0 radical (unpaired) electrons. The fourth-order valence-electron chi connectivity index (χ4n) is 3.12. The third kappa shape index (κ3) is 6.04. The van der Waals surface area contributed by atoms with E-state index < -0.39 is 10.8 Å². The number of piperidine rings is 1. The van der Waals surface area contributed by atoms with Crippen LogP contribution in [-0.4, -0.2) is 41.1 Å². The first-order valence-electron chi connectivity index (χ1n) is 9.35. The van der Waals surface area contributed by atoms with Crippen LogP contribution in [0.2, 0.25) is 0 Å². The van der Waals surface area contributed by atoms with Crippen LogP contribution in [0.5, 0.6) is 5.75 Å². The molecule has 5 nitrogen and oxygen atoms in total. The molecular formula is C20H31N3O2S. The van der Waals surface area contributed by atoms with E-state index in [-0.39, 0.29) is 0 Å². The minimum Gasteiger partial charge on any atom is -0.467 e.